The molecule has 0 aromatic carbocycles. The molecule has 118 valence electrons. The van der Waals surface area contributed by atoms with Crippen LogP contribution in [0.25, 0.3) is 0 Å². The molecular formula is C17H19N5O. The Balaban J connectivity index is 1.36. The van der Waals surface area contributed by atoms with Gasteiger partial charge in [0.05, 0.1) is 23.7 Å². The molecule has 0 saturated carbocycles. The highest BCUT2D eigenvalue weighted by Gasteiger charge is 2.41. The zero-order valence-corrected chi connectivity index (χ0v) is 12.9. The van der Waals surface area contributed by atoms with Gasteiger partial charge >= 0.3 is 0 Å². The highest BCUT2D eigenvalue weighted by molar-refractivity contribution is 5.94. The summed E-state index contributed by atoms with van der Waals surface area (Å²) in [6.45, 7) is 4.66. The van der Waals surface area contributed by atoms with E-state index in [-0.39, 0.29) is 5.91 Å². The van der Waals surface area contributed by atoms with Crippen LogP contribution >= 0.6 is 0 Å². The van der Waals surface area contributed by atoms with Crippen molar-refractivity contribution in [1.82, 2.24) is 25.0 Å². The van der Waals surface area contributed by atoms with Crippen molar-refractivity contribution < 1.29 is 4.79 Å². The zero-order valence-electron chi connectivity index (χ0n) is 12.9. The first-order valence-electron chi connectivity index (χ1n) is 7.98. The van der Waals surface area contributed by atoms with Gasteiger partial charge in [-0.05, 0) is 30.0 Å². The molecule has 2 aromatic rings. The van der Waals surface area contributed by atoms with Crippen LogP contribution in [-0.4, -0.2) is 57.1 Å². The quantitative estimate of drug-likeness (QED) is 0.849. The number of nitrogens with zero attached hydrogens (tertiary/aromatic N) is 5. The fourth-order valence-corrected chi connectivity index (χ4v) is 3.71. The molecule has 0 bridgehead atoms. The molecule has 2 aromatic heterocycles. The molecule has 6 heteroatoms. The molecule has 4 rings (SSSR count). The molecule has 23 heavy (non-hydrogen) atoms. The Morgan fingerprint density at radius 3 is 2.52 bits per heavy atom. The molecule has 0 aliphatic carbocycles. The third kappa shape index (κ3) is 2.94. The standard InChI is InChI=1S/C17H19N5O/c23-17(13-4-6-19-20-7-13)22-10-14-8-21(9-15(14)11-22)12-16-3-1-2-5-18-16/h1-7,14-15H,8-12H2/t14-,15+. The van der Waals surface area contributed by atoms with Crippen molar-refractivity contribution in [2.75, 3.05) is 26.2 Å². The minimum absolute atomic E-state index is 0.0746. The van der Waals surface area contributed by atoms with E-state index >= 15 is 0 Å². The summed E-state index contributed by atoms with van der Waals surface area (Å²) in [5.74, 6) is 1.21. The SMILES string of the molecule is O=C(c1ccnnc1)N1C[C@H]2CN(Cc3ccccn3)C[C@H]2C1. The van der Waals surface area contributed by atoms with Gasteiger partial charge in [-0.15, -0.1) is 0 Å². The van der Waals surface area contributed by atoms with E-state index in [9.17, 15) is 4.79 Å². The van der Waals surface area contributed by atoms with Crippen LogP contribution in [0.3, 0.4) is 0 Å². The maximum Gasteiger partial charge on any atom is 0.255 e. The van der Waals surface area contributed by atoms with Gasteiger partial charge in [-0.2, -0.15) is 10.2 Å². The second kappa shape index (κ2) is 6.04. The molecule has 2 fully saturated rings. The fraction of sp³-hybridized carbons (Fsp3) is 0.412. The van der Waals surface area contributed by atoms with Crippen LogP contribution in [0.1, 0.15) is 16.1 Å². The van der Waals surface area contributed by atoms with Gasteiger partial charge in [0.1, 0.15) is 0 Å². The molecule has 1 amide bonds. The smallest absolute Gasteiger partial charge is 0.255 e. The van der Waals surface area contributed by atoms with E-state index < -0.39 is 0 Å². The van der Waals surface area contributed by atoms with Crippen LogP contribution in [0.5, 0.6) is 0 Å². The second-order valence-corrected chi connectivity index (χ2v) is 6.38. The molecule has 6 nitrogen and oxygen atoms in total. The van der Waals surface area contributed by atoms with Crippen LogP contribution in [0.15, 0.2) is 42.9 Å². The Bertz CT molecular complexity index is 664. The first kappa shape index (κ1) is 14.3. The van der Waals surface area contributed by atoms with Crippen molar-refractivity contribution in [3.05, 3.63) is 54.1 Å². The third-order valence-electron chi connectivity index (χ3n) is 4.79. The highest BCUT2D eigenvalue weighted by atomic mass is 16.2. The fourth-order valence-electron chi connectivity index (χ4n) is 3.71. The van der Waals surface area contributed by atoms with Gasteiger partial charge in [0.25, 0.3) is 5.91 Å². The lowest BCUT2D eigenvalue weighted by atomic mass is 10.0. The average Bonchev–Trinajstić information content (AvgIpc) is 3.14. The molecule has 2 aliphatic rings. The first-order valence-corrected chi connectivity index (χ1v) is 7.98. The minimum atomic E-state index is 0.0746. The molecule has 0 unspecified atom stereocenters. The number of rotatable bonds is 3. The van der Waals surface area contributed by atoms with Crippen molar-refractivity contribution in [2.24, 2.45) is 11.8 Å². The monoisotopic (exact) mass is 309 g/mol. The van der Waals surface area contributed by atoms with E-state index in [1.165, 1.54) is 0 Å². The molecule has 4 heterocycles. The van der Waals surface area contributed by atoms with Crippen molar-refractivity contribution >= 4 is 5.91 Å². The first-order chi connectivity index (χ1) is 11.3. The van der Waals surface area contributed by atoms with Crippen molar-refractivity contribution in [1.29, 1.82) is 0 Å². The Morgan fingerprint density at radius 2 is 1.87 bits per heavy atom. The van der Waals surface area contributed by atoms with Crippen LogP contribution in [0.2, 0.25) is 0 Å². The number of carbonyl (C=O) groups is 1. The van der Waals surface area contributed by atoms with E-state index in [0.717, 1.165) is 38.4 Å². The number of pyridine rings is 1. The largest absolute Gasteiger partial charge is 0.338 e. The predicted octanol–water partition coefficient (Wildman–Crippen LogP) is 1.08. The summed E-state index contributed by atoms with van der Waals surface area (Å²) in [7, 11) is 0. The Morgan fingerprint density at radius 1 is 1.04 bits per heavy atom. The molecule has 0 spiro atoms. The maximum absolute atomic E-state index is 12.5. The summed E-state index contributed by atoms with van der Waals surface area (Å²) >= 11 is 0. The lowest BCUT2D eigenvalue weighted by molar-refractivity contribution is 0.0772. The summed E-state index contributed by atoms with van der Waals surface area (Å²) in [4.78, 5) is 21.3. The number of hydrogen-bond donors (Lipinski definition) is 0. The van der Waals surface area contributed by atoms with Crippen molar-refractivity contribution in [3.8, 4) is 0 Å². The second-order valence-electron chi connectivity index (χ2n) is 6.38. The lowest BCUT2D eigenvalue weighted by Crippen LogP contribution is -2.33. The van der Waals surface area contributed by atoms with Gasteiger partial charge in [-0.1, -0.05) is 6.07 Å². The van der Waals surface area contributed by atoms with E-state index in [1.807, 2.05) is 23.2 Å². The van der Waals surface area contributed by atoms with Crippen LogP contribution < -0.4 is 0 Å². The number of likely N-dealkylation sites (tertiary alicyclic amines) is 2. The Kier molecular flexibility index (Phi) is 3.75. The van der Waals surface area contributed by atoms with Crippen molar-refractivity contribution in [2.45, 2.75) is 6.54 Å². The lowest BCUT2D eigenvalue weighted by Gasteiger charge is -2.21. The topological polar surface area (TPSA) is 62.2 Å². The van der Waals surface area contributed by atoms with Gasteiger partial charge in [0, 0.05) is 38.9 Å². The predicted molar refractivity (Wildman–Crippen MR) is 84.4 cm³/mol. The molecule has 0 radical (unpaired) electrons. The number of amides is 1. The maximum atomic E-state index is 12.5. The van der Waals surface area contributed by atoms with Crippen LogP contribution in [-0.2, 0) is 6.54 Å². The van der Waals surface area contributed by atoms with Crippen molar-refractivity contribution in [3.63, 3.8) is 0 Å². The summed E-state index contributed by atoms with van der Waals surface area (Å²) in [5, 5.41) is 7.52. The Labute approximate surface area is 135 Å². The van der Waals surface area contributed by atoms with Gasteiger partial charge in [0.15, 0.2) is 0 Å². The minimum Gasteiger partial charge on any atom is -0.338 e. The van der Waals surface area contributed by atoms with E-state index in [0.29, 0.717) is 17.4 Å². The van der Waals surface area contributed by atoms with Gasteiger partial charge in [-0.3, -0.25) is 14.7 Å². The summed E-state index contributed by atoms with van der Waals surface area (Å²) in [6.07, 6.45) is 4.96. The summed E-state index contributed by atoms with van der Waals surface area (Å²) in [6, 6.07) is 7.78. The van der Waals surface area contributed by atoms with Crippen LogP contribution in [0.4, 0.5) is 0 Å². The van der Waals surface area contributed by atoms with E-state index in [4.69, 9.17) is 0 Å². The molecule has 0 N–H and O–H groups in total. The van der Waals surface area contributed by atoms with Crippen LogP contribution in [0, 0.1) is 11.8 Å². The van der Waals surface area contributed by atoms with Gasteiger partial charge in [-0.25, -0.2) is 0 Å². The molecule has 2 atom stereocenters. The molecule has 2 saturated heterocycles. The normalized spacial score (nSPS) is 23.9. The summed E-state index contributed by atoms with van der Waals surface area (Å²) < 4.78 is 0. The zero-order chi connectivity index (χ0) is 15.6. The number of aromatic nitrogens is 3. The summed E-state index contributed by atoms with van der Waals surface area (Å²) in [5.41, 5.74) is 1.74. The molecule has 2 aliphatic heterocycles. The number of hydrogen-bond acceptors (Lipinski definition) is 5. The molecular weight excluding hydrogens is 290 g/mol. The van der Waals surface area contributed by atoms with Gasteiger partial charge < -0.3 is 4.90 Å². The highest BCUT2D eigenvalue weighted by Crippen LogP contribution is 2.32. The third-order valence-corrected chi connectivity index (χ3v) is 4.79. The average molecular weight is 309 g/mol. The van der Waals surface area contributed by atoms with E-state index in [1.54, 1.807) is 18.5 Å². The number of fused-ring (bicyclic) bond motifs is 1. The Hall–Kier alpha value is -2.34. The van der Waals surface area contributed by atoms with Gasteiger partial charge in [0.2, 0.25) is 0 Å². The number of carbonyl (C=O) groups excluding carboxylic acids is 1. The van der Waals surface area contributed by atoms with E-state index in [2.05, 4.69) is 26.1 Å².